The van der Waals surface area contributed by atoms with E-state index in [9.17, 15) is 9.59 Å². The molecule has 1 atom stereocenters. The third-order valence-electron chi connectivity index (χ3n) is 4.51. The van der Waals surface area contributed by atoms with Gasteiger partial charge in [0.15, 0.2) is 0 Å². The molecule has 0 saturated heterocycles. The first-order chi connectivity index (χ1) is 13.0. The summed E-state index contributed by atoms with van der Waals surface area (Å²) in [6, 6.07) is 13.8. The zero-order chi connectivity index (χ0) is 19.6. The number of carbonyl (C=O) groups is 2. The van der Waals surface area contributed by atoms with Crippen LogP contribution in [0.1, 0.15) is 37.6 Å². The van der Waals surface area contributed by atoms with E-state index in [4.69, 9.17) is 0 Å². The predicted octanol–water partition coefficient (Wildman–Crippen LogP) is 4.11. The maximum absolute atomic E-state index is 13.1. The number of nitrogens with zero attached hydrogens (tertiary/aromatic N) is 2. The molecule has 146 valence electrons. The highest BCUT2D eigenvalue weighted by Crippen LogP contribution is 2.16. The van der Waals surface area contributed by atoms with Crippen molar-refractivity contribution in [3.8, 4) is 0 Å². The fourth-order valence-corrected chi connectivity index (χ4v) is 3.49. The number of thiophene rings is 1. The van der Waals surface area contributed by atoms with Crippen LogP contribution >= 0.6 is 11.3 Å². The minimum atomic E-state index is -0.184. The number of amides is 3. The van der Waals surface area contributed by atoms with Crippen molar-refractivity contribution in [1.82, 2.24) is 15.1 Å². The van der Waals surface area contributed by atoms with E-state index in [0.717, 1.165) is 16.9 Å². The van der Waals surface area contributed by atoms with Crippen LogP contribution in [0.3, 0.4) is 0 Å². The molecule has 5 nitrogen and oxygen atoms in total. The first-order valence-corrected chi connectivity index (χ1v) is 10.3. The first-order valence-electron chi connectivity index (χ1n) is 9.43. The molecule has 2 aromatic rings. The molecule has 0 bridgehead atoms. The van der Waals surface area contributed by atoms with Crippen LogP contribution in [0.25, 0.3) is 0 Å². The molecule has 0 saturated carbocycles. The van der Waals surface area contributed by atoms with Crippen molar-refractivity contribution in [2.75, 3.05) is 13.1 Å². The molecule has 0 aliphatic rings. The Bertz CT molecular complexity index is 703. The number of hydrogen-bond donors (Lipinski definition) is 1. The van der Waals surface area contributed by atoms with Gasteiger partial charge in [-0.15, -0.1) is 11.3 Å². The van der Waals surface area contributed by atoms with E-state index in [1.54, 1.807) is 16.2 Å². The van der Waals surface area contributed by atoms with Crippen LogP contribution in [0.4, 0.5) is 4.79 Å². The van der Waals surface area contributed by atoms with Gasteiger partial charge in [0.1, 0.15) is 6.54 Å². The van der Waals surface area contributed by atoms with Crippen LogP contribution in [0.15, 0.2) is 47.8 Å². The second-order valence-electron chi connectivity index (χ2n) is 6.54. The summed E-state index contributed by atoms with van der Waals surface area (Å²) in [7, 11) is 0. The molecule has 1 N–H and O–H groups in total. The molecule has 0 aliphatic carbocycles. The van der Waals surface area contributed by atoms with Crippen LogP contribution in [0, 0.1) is 0 Å². The molecule has 0 radical (unpaired) electrons. The fraction of sp³-hybridized carbons (Fsp3) is 0.429. The van der Waals surface area contributed by atoms with Gasteiger partial charge in [-0.25, -0.2) is 4.79 Å². The van der Waals surface area contributed by atoms with Crippen molar-refractivity contribution in [2.45, 2.75) is 46.3 Å². The summed E-state index contributed by atoms with van der Waals surface area (Å²) in [4.78, 5) is 30.1. The molecule has 1 aromatic carbocycles. The van der Waals surface area contributed by atoms with Crippen molar-refractivity contribution in [1.29, 1.82) is 0 Å². The van der Waals surface area contributed by atoms with Crippen LogP contribution in [0.5, 0.6) is 0 Å². The second-order valence-corrected chi connectivity index (χ2v) is 7.57. The van der Waals surface area contributed by atoms with Crippen LogP contribution in [0.2, 0.25) is 0 Å². The van der Waals surface area contributed by atoms with Gasteiger partial charge in [0.05, 0.1) is 6.54 Å². The number of hydrogen-bond acceptors (Lipinski definition) is 3. The smallest absolute Gasteiger partial charge is 0.318 e. The van der Waals surface area contributed by atoms with Gasteiger partial charge < -0.3 is 15.1 Å². The third kappa shape index (κ3) is 6.40. The Kier molecular flexibility index (Phi) is 8.33. The number of carbonyl (C=O) groups excluding carboxylic acids is 2. The van der Waals surface area contributed by atoms with Crippen molar-refractivity contribution < 1.29 is 9.59 Å². The number of nitrogens with one attached hydrogen (secondary N) is 1. The molecule has 1 unspecified atom stereocenters. The lowest BCUT2D eigenvalue weighted by atomic mass is 10.2. The lowest BCUT2D eigenvalue weighted by Crippen LogP contribution is -2.50. The molecule has 0 aliphatic heterocycles. The van der Waals surface area contributed by atoms with Gasteiger partial charge in [-0.05, 0) is 37.3 Å². The minimum absolute atomic E-state index is 0.000753. The molecule has 0 fully saturated rings. The quantitative estimate of drug-likeness (QED) is 0.704. The van der Waals surface area contributed by atoms with Gasteiger partial charge in [0.25, 0.3) is 0 Å². The lowest BCUT2D eigenvalue weighted by Gasteiger charge is -2.31. The summed E-state index contributed by atoms with van der Waals surface area (Å²) in [5.41, 5.74) is 1.08. The van der Waals surface area contributed by atoms with E-state index in [0.29, 0.717) is 19.6 Å². The monoisotopic (exact) mass is 387 g/mol. The second kappa shape index (κ2) is 10.7. The number of rotatable bonds is 9. The summed E-state index contributed by atoms with van der Waals surface area (Å²) >= 11 is 1.64. The van der Waals surface area contributed by atoms with Gasteiger partial charge in [-0.1, -0.05) is 43.3 Å². The number of urea groups is 1. The van der Waals surface area contributed by atoms with Gasteiger partial charge in [0.2, 0.25) is 5.91 Å². The molecular formula is C21H29N3O2S. The average Bonchev–Trinajstić information content (AvgIpc) is 3.19. The van der Waals surface area contributed by atoms with Crippen LogP contribution in [-0.4, -0.2) is 40.9 Å². The van der Waals surface area contributed by atoms with Crippen LogP contribution < -0.4 is 5.32 Å². The molecule has 3 amide bonds. The van der Waals surface area contributed by atoms with E-state index in [-0.39, 0.29) is 24.5 Å². The maximum Gasteiger partial charge on any atom is 0.318 e. The largest absolute Gasteiger partial charge is 0.338 e. The number of benzene rings is 1. The molecule has 6 heteroatoms. The Balaban J connectivity index is 2.16. The normalized spacial score (nSPS) is 11.7. The zero-order valence-electron chi connectivity index (χ0n) is 16.4. The molecule has 1 heterocycles. The highest BCUT2D eigenvalue weighted by Gasteiger charge is 2.24. The summed E-state index contributed by atoms with van der Waals surface area (Å²) < 4.78 is 0. The maximum atomic E-state index is 13.1. The molecule has 2 rings (SSSR count). The van der Waals surface area contributed by atoms with E-state index in [2.05, 4.69) is 5.32 Å². The summed E-state index contributed by atoms with van der Waals surface area (Å²) in [5, 5.41) is 4.83. The zero-order valence-corrected chi connectivity index (χ0v) is 17.2. The molecule has 1 aromatic heterocycles. The first kappa shape index (κ1) is 21.0. The van der Waals surface area contributed by atoms with E-state index < -0.39 is 0 Å². The lowest BCUT2D eigenvalue weighted by molar-refractivity contribution is -0.133. The Morgan fingerprint density at radius 1 is 1.07 bits per heavy atom. The van der Waals surface area contributed by atoms with Gasteiger partial charge in [0, 0.05) is 24.0 Å². The Morgan fingerprint density at radius 2 is 1.81 bits per heavy atom. The fourth-order valence-electron chi connectivity index (χ4n) is 2.77. The Hall–Kier alpha value is -2.34. The topological polar surface area (TPSA) is 52.7 Å². The SMILES string of the molecule is CCNC(=O)N(CC(=O)N(Cc1ccccc1)Cc1cccs1)C(C)CC. The van der Waals surface area contributed by atoms with Gasteiger partial charge in [-0.2, -0.15) is 0 Å². The minimum Gasteiger partial charge on any atom is -0.338 e. The summed E-state index contributed by atoms with van der Waals surface area (Å²) in [6.07, 6.45) is 0.800. The van der Waals surface area contributed by atoms with Crippen molar-refractivity contribution in [3.05, 3.63) is 58.3 Å². The summed E-state index contributed by atoms with van der Waals surface area (Å²) in [6.45, 7) is 7.59. The van der Waals surface area contributed by atoms with Crippen LogP contribution in [-0.2, 0) is 17.9 Å². The molecule has 27 heavy (non-hydrogen) atoms. The van der Waals surface area contributed by atoms with E-state index in [1.165, 1.54) is 0 Å². The predicted molar refractivity (Wildman–Crippen MR) is 111 cm³/mol. The Morgan fingerprint density at radius 3 is 2.41 bits per heavy atom. The van der Waals surface area contributed by atoms with Gasteiger partial charge >= 0.3 is 6.03 Å². The highest BCUT2D eigenvalue weighted by atomic mass is 32.1. The van der Waals surface area contributed by atoms with Crippen molar-refractivity contribution in [3.63, 3.8) is 0 Å². The Labute approximate surface area is 166 Å². The van der Waals surface area contributed by atoms with Gasteiger partial charge in [-0.3, -0.25) is 4.79 Å². The average molecular weight is 388 g/mol. The highest BCUT2D eigenvalue weighted by molar-refractivity contribution is 7.09. The third-order valence-corrected chi connectivity index (χ3v) is 5.37. The molecular weight excluding hydrogens is 358 g/mol. The standard InChI is InChI=1S/C21H29N3O2S/c1-4-17(3)24(21(26)22-5-2)16-20(25)23(15-19-12-9-13-27-19)14-18-10-7-6-8-11-18/h6-13,17H,4-5,14-16H2,1-3H3,(H,22,26). The van der Waals surface area contributed by atoms with E-state index in [1.807, 2.05) is 73.5 Å². The van der Waals surface area contributed by atoms with Crippen molar-refractivity contribution in [2.24, 2.45) is 0 Å². The molecule has 0 spiro atoms. The summed E-state index contributed by atoms with van der Waals surface area (Å²) in [5.74, 6) is -0.0428. The van der Waals surface area contributed by atoms with E-state index >= 15 is 0 Å². The van der Waals surface area contributed by atoms with Crippen molar-refractivity contribution >= 4 is 23.3 Å².